The summed E-state index contributed by atoms with van der Waals surface area (Å²) in [6.07, 6.45) is 0. The number of nitrogens with one attached hydrogen (secondary N) is 1. The van der Waals surface area contributed by atoms with E-state index in [1.165, 1.54) is 21.6 Å². The normalized spacial score (nSPS) is 10.7. The highest BCUT2D eigenvalue weighted by atomic mass is 79.9. The molecule has 16 heavy (non-hydrogen) atoms. The summed E-state index contributed by atoms with van der Waals surface area (Å²) < 4.78 is 1.14. The lowest BCUT2D eigenvalue weighted by Gasteiger charge is -2.03. The summed E-state index contributed by atoms with van der Waals surface area (Å²) in [6.45, 7) is 3.09. The minimum absolute atomic E-state index is 0.937. The molecule has 1 heterocycles. The van der Waals surface area contributed by atoms with Crippen molar-refractivity contribution in [3.8, 4) is 10.4 Å². The molecule has 1 N–H and O–H groups in total. The molecule has 1 nitrogen and oxygen atoms in total. The van der Waals surface area contributed by atoms with Gasteiger partial charge in [0.2, 0.25) is 0 Å². The highest BCUT2D eigenvalue weighted by molar-refractivity contribution is 9.10. The Morgan fingerprint density at radius 2 is 2.12 bits per heavy atom. The molecule has 0 saturated heterocycles. The average molecular weight is 296 g/mol. The Morgan fingerprint density at radius 3 is 2.81 bits per heavy atom. The van der Waals surface area contributed by atoms with Crippen LogP contribution in [0.25, 0.3) is 10.4 Å². The summed E-state index contributed by atoms with van der Waals surface area (Å²) in [4.78, 5) is 1.34. The van der Waals surface area contributed by atoms with Crippen molar-refractivity contribution in [2.75, 3.05) is 7.05 Å². The first kappa shape index (κ1) is 11.8. The maximum atomic E-state index is 3.49. The third-order valence-corrected chi connectivity index (χ3v) is 3.99. The summed E-state index contributed by atoms with van der Waals surface area (Å²) in [5.41, 5.74) is 3.99. The van der Waals surface area contributed by atoms with Crippen LogP contribution >= 0.6 is 27.3 Å². The molecular weight excluding hydrogens is 282 g/mol. The van der Waals surface area contributed by atoms with Crippen LogP contribution in [-0.4, -0.2) is 7.05 Å². The van der Waals surface area contributed by atoms with E-state index in [9.17, 15) is 0 Å². The second-order valence-corrected chi connectivity index (χ2v) is 5.64. The van der Waals surface area contributed by atoms with E-state index in [2.05, 4.69) is 57.8 Å². The lowest BCUT2D eigenvalue weighted by molar-refractivity contribution is 0.821. The smallest absolute Gasteiger partial charge is 0.0348 e. The summed E-state index contributed by atoms with van der Waals surface area (Å²) in [7, 11) is 1.97. The van der Waals surface area contributed by atoms with Gasteiger partial charge in [0.05, 0.1) is 0 Å². The highest BCUT2D eigenvalue weighted by Gasteiger charge is 2.05. The largest absolute Gasteiger partial charge is 0.316 e. The topological polar surface area (TPSA) is 12.0 Å². The number of halogens is 1. The number of hydrogen-bond donors (Lipinski definition) is 1. The average Bonchev–Trinajstić information content (AvgIpc) is 2.67. The van der Waals surface area contributed by atoms with Crippen LogP contribution in [0.15, 0.2) is 34.1 Å². The van der Waals surface area contributed by atoms with Crippen LogP contribution in [0.2, 0.25) is 0 Å². The van der Waals surface area contributed by atoms with Crippen LogP contribution in [0.5, 0.6) is 0 Å². The zero-order valence-electron chi connectivity index (χ0n) is 9.38. The Kier molecular flexibility index (Phi) is 3.79. The van der Waals surface area contributed by atoms with Gasteiger partial charge in [-0.1, -0.05) is 22.0 Å². The van der Waals surface area contributed by atoms with Gasteiger partial charge in [0.15, 0.2) is 0 Å². The van der Waals surface area contributed by atoms with Gasteiger partial charge in [-0.15, -0.1) is 11.3 Å². The van der Waals surface area contributed by atoms with Crippen molar-refractivity contribution in [1.29, 1.82) is 0 Å². The molecule has 0 bridgehead atoms. The van der Waals surface area contributed by atoms with E-state index in [1.807, 2.05) is 18.4 Å². The van der Waals surface area contributed by atoms with Crippen LogP contribution in [0.1, 0.15) is 11.1 Å². The van der Waals surface area contributed by atoms with Crippen LogP contribution < -0.4 is 5.32 Å². The van der Waals surface area contributed by atoms with E-state index in [-0.39, 0.29) is 0 Å². The second kappa shape index (κ2) is 5.13. The maximum absolute atomic E-state index is 3.49. The Labute approximate surface area is 109 Å². The number of aryl methyl sites for hydroxylation is 1. The molecule has 0 aliphatic rings. The second-order valence-electron chi connectivity index (χ2n) is 3.81. The molecule has 2 rings (SSSR count). The molecule has 3 heteroatoms. The molecule has 0 amide bonds. The predicted octanol–water partition coefficient (Wildman–Crippen LogP) is 4.21. The summed E-state index contributed by atoms with van der Waals surface area (Å²) in [5.74, 6) is 0. The minimum Gasteiger partial charge on any atom is -0.316 e. The maximum Gasteiger partial charge on any atom is 0.0348 e. The van der Waals surface area contributed by atoms with Crippen molar-refractivity contribution in [2.45, 2.75) is 13.5 Å². The van der Waals surface area contributed by atoms with E-state index in [0.717, 1.165) is 11.0 Å². The first-order valence-electron chi connectivity index (χ1n) is 5.19. The minimum atomic E-state index is 0.937. The molecular formula is C13H14BrNS. The fourth-order valence-electron chi connectivity index (χ4n) is 1.72. The van der Waals surface area contributed by atoms with Crippen LogP contribution in [0.3, 0.4) is 0 Å². The summed E-state index contributed by atoms with van der Waals surface area (Å²) >= 11 is 5.30. The van der Waals surface area contributed by atoms with Gasteiger partial charge in [0, 0.05) is 15.9 Å². The first-order valence-corrected chi connectivity index (χ1v) is 6.86. The predicted molar refractivity (Wildman–Crippen MR) is 75.0 cm³/mol. The quantitative estimate of drug-likeness (QED) is 0.895. The van der Waals surface area contributed by atoms with Crippen molar-refractivity contribution in [1.82, 2.24) is 5.32 Å². The van der Waals surface area contributed by atoms with Gasteiger partial charge >= 0.3 is 0 Å². The molecule has 0 radical (unpaired) electrons. The number of benzene rings is 1. The van der Waals surface area contributed by atoms with Crippen LogP contribution in [0, 0.1) is 6.92 Å². The van der Waals surface area contributed by atoms with Gasteiger partial charge in [-0.2, -0.15) is 0 Å². The number of hydrogen-bond acceptors (Lipinski definition) is 2. The molecule has 84 valence electrons. The Hall–Kier alpha value is -0.640. The molecule has 0 atom stereocenters. The van der Waals surface area contributed by atoms with Crippen molar-refractivity contribution in [3.63, 3.8) is 0 Å². The van der Waals surface area contributed by atoms with Crippen LogP contribution in [-0.2, 0) is 6.54 Å². The third-order valence-electron chi connectivity index (χ3n) is 2.49. The van der Waals surface area contributed by atoms with Gasteiger partial charge in [0.25, 0.3) is 0 Å². The van der Waals surface area contributed by atoms with Gasteiger partial charge in [-0.3, -0.25) is 0 Å². The lowest BCUT2D eigenvalue weighted by atomic mass is 10.1. The Bertz CT molecular complexity index is 490. The Morgan fingerprint density at radius 1 is 1.31 bits per heavy atom. The van der Waals surface area contributed by atoms with E-state index < -0.39 is 0 Å². The first-order chi connectivity index (χ1) is 7.70. The van der Waals surface area contributed by atoms with E-state index >= 15 is 0 Å². The monoisotopic (exact) mass is 295 g/mol. The molecule has 0 spiro atoms. The van der Waals surface area contributed by atoms with Gasteiger partial charge in [-0.25, -0.2) is 0 Å². The fraction of sp³-hybridized carbons (Fsp3) is 0.231. The SMILES string of the molecule is CNCc1csc(-c2ccc(Br)cc2C)c1. The summed E-state index contributed by atoms with van der Waals surface area (Å²) in [5, 5.41) is 5.39. The number of rotatable bonds is 3. The summed E-state index contributed by atoms with van der Waals surface area (Å²) in [6, 6.07) is 8.69. The highest BCUT2D eigenvalue weighted by Crippen LogP contribution is 2.31. The van der Waals surface area contributed by atoms with Gasteiger partial charge in [-0.05, 0) is 54.2 Å². The van der Waals surface area contributed by atoms with E-state index in [0.29, 0.717) is 0 Å². The van der Waals surface area contributed by atoms with Crippen molar-refractivity contribution >= 4 is 27.3 Å². The van der Waals surface area contributed by atoms with Crippen molar-refractivity contribution in [3.05, 3.63) is 45.2 Å². The molecule has 0 aliphatic heterocycles. The molecule has 1 aromatic carbocycles. The molecule has 0 aliphatic carbocycles. The molecule has 1 aromatic heterocycles. The lowest BCUT2D eigenvalue weighted by Crippen LogP contribution is -2.03. The van der Waals surface area contributed by atoms with Gasteiger partial charge < -0.3 is 5.32 Å². The van der Waals surface area contributed by atoms with Gasteiger partial charge in [0.1, 0.15) is 0 Å². The van der Waals surface area contributed by atoms with Crippen LogP contribution in [0.4, 0.5) is 0 Å². The number of thiophene rings is 1. The zero-order chi connectivity index (χ0) is 11.5. The zero-order valence-corrected chi connectivity index (χ0v) is 11.8. The van der Waals surface area contributed by atoms with Crippen molar-refractivity contribution < 1.29 is 0 Å². The molecule has 0 unspecified atom stereocenters. The van der Waals surface area contributed by atoms with Crippen molar-refractivity contribution in [2.24, 2.45) is 0 Å². The molecule has 0 fully saturated rings. The van der Waals surface area contributed by atoms with E-state index in [4.69, 9.17) is 0 Å². The molecule has 2 aromatic rings. The van der Waals surface area contributed by atoms with E-state index in [1.54, 1.807) is 0 Å². The fourth-order valence-corrected chi connectivity index (χ4v) is 3.20. The third kappa shape index (κ3) is 2.54. The Balaban J connectivity index is 2.35. The molecule has 0 saturated carbocycles. The standard InChI is InChI=1S/C13H14BrNS/c1-9-5-11(14)3-4-12(9)13-6-10(7-15-2)8-16-13/h3-6,8,15H,7H2,1-2H3.